The molecule has 0 spiro atoms. The highest BCUT2D eigenvalue weighted by Gasteiger charge is 2.79. The third-order valence-electron chi connectivity index (χ3n) is 11.0. The van der Waals surface area contributed by atoms with Crippen molar-refractivity contribution in [2.45, 2.75) is 112 Å². The van der Waals surface area contributed by atoms with Gasteiger partial charge in [0.2, 0.25) is 6.10 Å². The summed E-state index contributed by atoms with van der Waals surface area (Å²) in [6, 6.07) is 0. The molecule has 256 valence electrons. The summed E-state index contributed by atoms with van der Waals surface area (Å²) in [4.78, 5) is 91.7. The van der Waals surface area contributed by atoms with Gasteiger partial charge in [-0.15, -0.1) is 0 Å². The second-order valence-corrected chi connectivity index (χ2v) is 13.8. The predicted octanol–water partition coefficient (Wildman–Crippen LogP) is 2.73. The molecule has 1 heterocycles. The molecule has 0 amide bonds. The third kappa shape index (κ3) is 5.78. The van der Waals surface area contributed by atoms with Crippen LogP contribution in [0.1, 0.15) is 81.6 Å². The molecule has 0 aromatic heterocycles. The number of carbonyl (C=O) groups excluding carboxylic acids is 7. The molecule has 0 aromatic rings. The number of esters is 6. The van der Waals surface area contributed by atoms with Crippen LogP contribution in [-0.2, 0) is 62.0 Å². The van der Waals surface area contributed by atoms with Crippen molar-refractivity contribution in [2.24, 2.45) is 46.3 Å². The zero-order chi connectivity index (χ0) is 34.5. The van der Waals surface area contributed by atoms with Crippen molar-refractivity contribution in [3.8, 4) is 0 Å². The quantitative estimate of drug-likeness (QED) is 0.277. The van der Waals surface area contributed by atoms with E-state index >= 15 is 0 Å². The monoisotopic (exact) mass is 650 g/mol. The minimum Gasteiger partial charge on any atom is -0.465 e. The Kier molecular flexibility index (Phi) is 9.95. The molecule has 13 heteroatoms. The Morgan fingerprint density at radius 2 is 1.48 bits per heavy atom. The van der Waals surface area contributed by atoms with Crippen LogP contribution in [0.5, 0.6) is 0 Å². The molecular formula is C33H46O13. The van der Waals surface area contributed by atoms with Gasteiger partial charge >= 0.3 is 35.8 Å². The summed E-state index contributed by atoms with van der Waals surface area (Å²) in [5.74, 6) is -9.10. The fraction of sp³-hybridized carbons (Fsp3) is 0.788. The molecule has 0 radical (unpaired) electrons. The van der Waals surface area contributed by atoms with E-state index in [0.717, 1.165) is 6.92 Å². The number of hydrogen-bond acceptors (Lipinski definition) is 13. The molecule has 3 saturated carbocycles. The van der Waals surface area contributed by atoms with Crippen LogP contribution in [0.15, 0.2) is 0 Å². The van der Waals surface area contributed by atoms with Crippen molar-refractivity contribution < 1.29 is 62.0 Å². The summed E-state index contributed by atoms with van der Waals surface area (Å²) in [7, 11) is 0. The van der Waals surface area contributed by atoms with E-state index < -0.39 is 119 Å². The lowest BCUT2D eigenvalue weighted by molar-refractivity contribution is -0.303. The molecular weight excluding hydrogens is 604 g/mol. The molecule has 4 fully saturated rings. The summed E-state index contributed by atoms with van der Waals surface area (Å²) in [6.07, 6.45) is -5.10. The number of ether oxygens (including phenoxy) is 6. The van der Waals surface area contributed by atoms with Crippen molar-refractivity contribution in [1.82, 2.24) is 0 Å². The zero-order valence-corrected chi connectivity index (χ0v) is 28.0. The Morgan fingerprint density at radius 1 is 0.870 bits per heavy atom. The van der Waals surface area contributed by atoms with Crippen LogP contribution in [0.3, 0.4) is 0 Å². The summed E-state index contributed by atoms with van der Waals surface area (Å²) >= 11 is 0. The van der Waals surface area contributed by atoms with Gasteiger partial charge in [-0.3, -0.25) is 28.8 Å². The number of fused-ring (bicyclic) bond motifs is 2. The molecule has 4 rings (SSSR count). The van der Waals surface area contributed by atoms with Gasteiger partial charge in [0.05, 0.1) is 11.3 Å². The zero-order valence-electron chi connectivity index (χ0n) is 28.0. The van der Waals surface area contributed by atoms with Crippen molar-refractivity contribution in [1.29, 1.82) is 0 Å². The van der Waals surface area contributed by atoms with E-state index in [1.807, 2.05) is 6.92 Å². The van der Waals surface area contributed by atoms with Crippen LogP contribution in [0, 0.1) is 46.3 Å². The first-order valence-corrected chi connectivity index (χ1v) is 16.0. The van der Waals surface area contributed by atoms with E-state index in [1.54, 1.807) is 27.7 Å². The van der Waals surface area contributed by atoms with E-state index in [9.17, 15) is 33.6 Å². The highest BCUT2D eigenvalue weighted by atomic mass is 16.6. The Bertz CT molecular complexity index is 1290. The highest BCUT2D eigenvalue weighted by Crippen LogP contribution is 2.69. The van der Waals surface area contributed by atoms with Crippen molar-refractivity contribution >= 4 is 41.6 Å². The normalized spacial score (nSPS) is 40.2. The lowest BCUT2D eigenvalue weighted by atomic mass is 9.37. The molecule has 13 atom stereocenters. The average molecular weight is 651 g/mol. The highest BCUT2D eigenvalue weighted by molar-refractivity contribution is 5.92. The van der Waals surface area contributed by atoms with Crippen molar-refractivity contribution in [3.63, 3.8) is 0 Å². The fourth-order valence-corrected chi connectivity index (χ4v) is 9.18. The predicted molar refractivity (Wildman–Crippen MR) is 156 cm³/mol. The fourth-order valence-electron chi connectivity index (χ4n) is 9.18. The molecule has 0 bridgehead atoms. The second-order valence-electron chi connectivity index (χ2n) is 13.8. The summed E-state index contributed by atoms with van der Waals surface area (Å²) in [5.41, 5.74) is -2.82. The van der Waals surface area contributed by atoms with Gasteiger partial charge in [0.1, 0.15) is 24.9 Å². The number of rotatable bonds is 8. The van der Waals surface area contributed by atoms with Gasteiger partial charge in [-0.25, -0.2) is 4.79 Å². The van der Waals surface area contributed by atoms with Gasteiger partial charge in [0.15, 0.2) is 11.9 Å². The van der Waals surface area contributed by atoms with E-state index in [4.69, 9.17) is 28.4 Å². The Balaban J connectivity index is 2.04. The minimum absolute atomic E-state index is 0.187. The molecule has 46 heavy (non-hydrogen) atoms. The van der Waals surface area contributed by atoms with Crippen LogP contribution < -0.4 is 0 Å². The summed E-state index contributed by atoms with van der Waals surface area (Å²) in [6.45, 7) is 13.2. The van der Waals surface area contributed by atoms with Gasteiger partial charge in [-0.2, -0.15) is 0 Å². The average Bonchev–Trinajstić information content (AvgIpc) is 2.95. The van der Waals surface area contributed by atoms with Gasteiger partial charge in [-0.05, 0) is 31.1 Å². The van der Waals surface area contributed by atoms with Crippen LogP contribution in [-0.4, -0.2) is 78.7 Å². The summed E-state index contributed by atoms with van der Waals surface area (Å²) < 4.78 is 35.0. The minimum atomic E-state index is -1.53. The van der Waals surface area contributed by atoms with E-state index in [2.05, 4.69) is 0 Å². The number of Topliss-reactive ketones (excluding diaryl/α,β-unsaturated/α-hetero) is 1. The first kappa shape index (κ1) is 35.3. The lowest BCUT2D eigenvalue weighted by Gasteiger charge is -2.69. The van der Waals surface area contributed by atoms with Crippen LogP contribution in [0.25, 0.3) is 0 Å². The molecule has 0 N–H and O–H groups in total. The van der Waals surface area contributed by atoms with E-state index in [-0.39, 0.29) is 12.3 Å². The molecule has 3 aliphatic carbocycles. The second kappa shape index (κ2) is 12.9. The maximum atomic E-state index is 15.0. The largest absolute Gasteiger partial charge is 0.465 e. The Morgan fingerprint density at radius 3 is 2.02 bits per heavy atom. The van der Waals surface area contributed by atoms with Crippen molar-refractivity contribution in [3.05, 3.63) is 0 Å². The van der Waals surface area contributed by atoms with Gasteiger partial charge < -0.3 is 28.4 Å². The molecule has 1 aliphatic heterocycles. The van der Waals surface area contributed by atoms with Crippen molar-refractivity contribution in [2.75, 3.05) is 6.61 Å². The number of ketones is 1. The third-order valence-corrected chi connectivity index (χ3v) is 11.0. The van der Waals surface area contributed by atoms with E-state index in [0.29, 0.717) is 12.8 Å². The Hall–Kier alpha value is -3.51. The van der Waals surface area contributed by atoms with Gasteiger partial charge in [-0.1, -0.05) is 34.6 Å². The number of hydrogen-bond donors (Lipinski definition) is 0. The van der Waals surface area contributed by atoms with Gasteiger partial charge in [0, 0.05) is 50.9 Å². The van der Waals surface area contributed by atoms with Crippen LogP contribution >= 0.6 is 0 Å². The number of carbonyl (C=O) groups is 7. The maximum Gasteiger partial charge on any atom is 0.348 e. The van der Waals surface area contributed by atoms with Crippen LogP contribution in [0.2, 0.25) is 0 Å². The summed E-state index contributed by atoms with van der Waals surface area (Å²) in [5, 5.41) is 0. The molecule has 13 nitrogen and oxygen atoms in total. The van der Waals surface area contributed by atoms with Crippen LogP contribution in [0.4, 0.5) is 0 Å². The van der Waals surface area contributed by atoms with Gasteiger partial charge in [0.25, 0.3) is 0 Å². The van der Waals surface area contributed by atoms with E-state index in [1.165, 1.54) is 20.8 Å². The first-order chi connectivity index (χ1) is 21.4. The lowest BCUT2D eigenvalue weighted by Crippen LogP contribution is -2.79. The standard InChI is InChI=1S/C33H46O13/c1-10-14(2)30(39)46-27-24-16(4)26(43-19(7)36)25(38)28-32(9)21(12-23(45-31(27)40)33(24,28)13-41-17(5)34)15(3)11-22(42-18(6)35)29(32)44-20(8)37/h14-16,21-24,26-29H,10-13H2,1-9H3. The SMILES string of the molecule is CCC(C)C(=O)OC1C(=O)OC2CC3C(C)CC(OC(C)=O)C(OC(C)=O)C3(C)C3C(=O)C(OC(C)=O)C(C)C1C23COC(C)=O. The smallest absolute Gasteiger partial charge is 0.348 e. The first-order valence-electron chi connectivity index (χ1n) is 16.0. The molecule has 1 saturated heterocycles. The maximum absolute atomic E-state index is 15.0. The molecule has 13 unspecified atom stereocenters. The Labute approximate surface area is 268 Å². The molecule has 4 aliphatic rings. The topological polar surface area (TPSA) is 175 Å². The molecule has 0 aromatic carbocycles.